The first-order valence-corrected chi connectivity index (χ1v) is 15.5. The van der Waals surface area contributed by atoms with Crippen molar-refractivity contribution in [2.75, 3.05) is 0 Å². The number of hydrogen-bond donors (Lipinski definition) is 2. The average molecular weight is 549 g/mol. The number of allylic oxidation sites excluding steroid dienone is 8. The Balaban J connectivity index is 1.93. The molecule has 8 bridgehead atoms. The lowest BCUT2D eigenvalue weighted by Crippen LogP contribution is -2.28. The van der Waals surface area contributed by atoms with E-state index in [1.807, 2.05) is 0 Å². The molecule has 0 spiro atoms. The normalized spacial score (nSPS) is 19.2. The summed E-state index contributed by atoms with van der Waals surface area (Å²) < 4.78 is 0. The third-order valence-corrected chi connectivity index (χ3v) is 8.78. The van der Waals surface area contributed by atoms with Gasteiger partial charge in [-0.05, 0) is 115 Å². The number of aliphatic hydroxyl groups excluding tert-OH is 1. The van der Waals surface area contributed by atoms with Gasteiger partial charge in [0.1, 0.15) is 0 Å². The van der Waals surface area contributed by atoms with Gasteiger partial charge in [0.15, 0.2) is 0 Å². The molecule has 0 aromatic carbocycles. The van der Waals surface area contributed by atoms with Crippen LogP contribution in [0.25, 0.3) is 17.9 Å². The molecular weight excluding hydrogens is 504 g/mol. The van der Waals surface area contributed by atoms with E-state index in [9.17, 15) is 5.11 Å². The number of aromatic amines is 1. The van der Waals surface area contributed by atoms with Crippen molar-refractivity contribution in [1.82, 2.24) is 4.98 Å². The number of nitrogens with one attached hydrogen (secondary N) is 1. The summed E-state index contributed by atoms with van der Waals surface area (Å²) in [6.07, 6.45) is 15.0. The third-order valence-electron chi connectivity index (χ3n) is 8.78. The summed E-state index contributed by atoms with van der Waals surface area (Å²) in [5.41, 5.74) is 15.9. The predicted octanol–water partition coefficient (Wildman–Crippen LogP) is 7.88. The molecule has 214 valence electrons. The molecule has 1 aromatic rings. The van der Waals surface area contributed by atoms with Gasteiger partial charge in [-0.15, -0.1) is 0 Å². The van der Waals surface area contributed by atoms with Gasteiger partial charge < -0.3 is 10.1 Å². The highest BCUT2D eigenvalue weighted by molar-refractivity contribution is 6.24. The fourth-order valence-electron chi connectivity index (χ4n) is 6.93. The van der Waals surface area contributed by atoms with E-state index in [4.69, 9.17) is 15.0 Å². The second-order valence-electron chi connectivity index (χ2n) is 11.0. The summed E-state index contributed by atoms with van der Waals surface area (Å²) in [6, 6.07) is 0. The average Bonchev–Trinajstić information content (AvgIpc) is 3.68. The van der Waals surface area contributed by atoms with Crippen molar-refractivity contribution in [2.24, 2.45) is 15.0 Å². The first-order chi connectivity index (χ1) is 19.8. The largest absolute Gasteiger partial charge is 0.512 e. The lowest BCUT2D eigenvalue weighted by molar-refractivity contribution is 0.498. The molecule has 2 N–H and O–H groups in total. The van der Waals surface area contributed by atoms with Crippen molar-refractivity contribution in [3.05, 3.63) is 84.5 Å². The molecule has 5 heterocycles. The Bertz CT molecular complexity index is 1720. The minimum atomic E-state index is 0.316. The van der Waals surface area contributed by atoms with Gasteiger partial charge in [0.2, 0.25) is 0 Å². The van der Waals surface area contributed by atoms with Gasteiger partial charge in [-0.1, -0.05) is 48.5 Å². The quantitative estimate of drug-likeness (QED) is 0.357. The Morgan fingerprint density at radius 2 is 0.951 bits per heavy atom. The van der Waals surface area contributed by atoms with Crippen molar-refractivity contribution in [1.29, 1.82) is 0 Å². The first kappa shape index (κ1) is 28.8. The van der Waals surface area contributed by atoms with Crippen LogP contribution in [0, 0.1) is 0 Å². The number of aliphatic hydroxyl groups is 1. The maximum absolute atomic E-state index is 10.9. The van der Waals surface area contributed by atoms with E-state index < -0.39 is 0 Å². The molecule has 0 unspecified atom stereocenters. The summed E-state index contributed by atoms with van der Waals surface area (Å²) in [7, 11) is 0. The molecule has 4 aliphatic rings. The van der Waals surface area contributed by atoms with Crippen LogP contribution in [-0.4, -0.2) is 27.2 Å². The second-order valence-corrected chi connectivity index (χ2v) is 11.0. The molecule has 0 saturated carbocycles. The van der Waals surface area contributed by atoms with Gasteiger partial charge in [0, 0.05) is 10.9 Å². The summed E-state index contributed by atoms with van der Waals surface area (Å²) in [6.45, 7) is 17.2. The van der Waals surface area contributed by atoms with Gasteiger partial charge in [-0.3, -0.25) is 0 Å². The van der Waals surface area contributed by atoms with E-state index >= 15 is 0 Å². The summed E-state index contributed by atoms with van der Waals surface area (Å²) >= 11 is 0. The van der Waals surface area contributed by atoms with Crippen LogP contribution in [0.4, 0.5) is 0 Å². The van der Waals surface area contributed by atoms with Gasteiger partial charge in [-0.2, -0.15) is 0 Å². The predicted molar refractivity (Wildman–Crippen MR) is 175 cm³/mol. The van der Waals surface area contributed by atoms with Gasteiger partial charge >= 0.3 is 0 Å². The van der Waals surface area contributed by atoms with Gasteiger partial charge in [-0.25, -0.2) is 15.0 Å². The molecule has 5 rings (SSSR count). The number of aliphatic imine (C=N–C) groups is 3. The molecule has 41 heavy (non-hydrogen) atoms. The van der Waals surface area contributed by atoms with Crippen molar-refractivity contribution < 1.29 is 5.11 Å². The maximum atomic E-state index is 10.9. The van der Waals surface area contributed by atoms with Crippen LogP contribution >= 0.6 is 0 Å². The van der Waals surface area contributed by atoms with E-state index in [0.29, 0.717) is 5.76 Å². The molecular formula is C36H44N4O. The zero-order chi connectivity index (χ0) is 29.4. The Morgan fingerprint density at radius 1 is 0.561 bits per heavy atom. The van der Waals surface area contributed by atoms with Crippen LogP contribution in [0.2, 0.25) is 0 Å². The molecule has 0 saturated heterocycles. The minimum absolute atomic E-state index is 0.316. The van der Waals surface area contributed by atoms with Crippen molar-refractivity contribution >= 4 is 35.0 Å². The third kappa shape index (κ3) is 4.79. The molecule has 1 aromatic heterocycles. The van der Waals surface area contributed by atoms with E-state index in [1.54, 1.807) is 6.92 Å². The van der Waals surface area contributed by atoms with Crippen LogP contribution in [0.15, 0.2) is 77.7 Å². The zero-order valence-electron chi connectivity index (χ0n) is 26.0. The zero-order valence-corrected chi connectivity index (χ0v) is 26.0. The number of rotatable bonds is 7. The van der Waals surface area contributed by atoms with Crippen LogP contribution in [0.5, 0.6) is 0 Å². The van der Waals surface area contributed by atoms with Crippen LogP contribution in [0.1, 0.15) is 105 Å². The van der Waals surface area contributed by atoms with Crippen molar-refractivity contribution in [3.63, 3.8) is 0 Å². The SMILES string of the molecule is CCC1=C(CC)C2=NC1=CC1=NC(=Cc3[nH]c(/c(=C(/C)O)c3CC)=CC3=NC(=C2)C(CC)=C3CC)C(CC)=C1CC. The number of nitrogens with zero attached hydrogens (tertiary/aromatic N) is 3. The molecule has 0 radical (unpaired) electrons. The fraction of sp³-hybridized carbons (Fsp3) is 0.417. The molecule has 0 amide bonds. The first-order valence-electron chi connectivity index (χ1n) is 15.5. The van der Waals surface area contributed by atoms with E-state index in [-0.39, 0.29) is 0 Å². The lowest BCUT2D eigenvalue weighted by Gasteiger charge is -2.07. The molecule has 5 nitrogen and oxygen atoms in total. The molecule has 5 heteroatoms. The van der Waals surface area contributed by atoms with Crippen molar-refractivity contribution in [3.8, 4) is 0 Å². The molecule has 0 fully saturated rings. The highest BCUT2D eigenvalue weighted by Crippen LogP contribution is 2.37. The Kier molecular flexibility index (Phi) is 8.17. The Morgan fingerprint density at radius 3 is 1.32 bits per heavy atom. The van der Waals surface area contributed by atoms with Crippen molar-refractivity contribution in [2.45, 2.75) is 100 Å². The maximum Gasteiger partial charge on any atom is 0.0988 e. The second kappa shape index (κ2) is 11.6. The van der Waals surface area contributed by atoms with E-state index in [1.165, 1.54) is 33.4 Å². The summed E-state index contributed by atoms with van der Waals surface area (Å²) in [5.74, 6) is 0.316. The fourth-order valence-corrected chi connectivity index (χ4v) is 6.93. The van der Waals surface area contributed by atoms with E-state index in [0.717, 1.165) is 101 Å². The number of aromatic nitrogens is 1. The van der Waals surface area contributed by atoms with Crippen LogP contribution in [-0.2, 0) is 6.42 Å². The Hall–Kier alpha value is -3.73. The highest BCUT2D eigenvalue weighted by Gasteiger charge is 2.27. The Labute approximate surface area is 244 Å². The molecule has 0 atom stereocenters. The lowest BCUT2D eigenvalue weighted by atomic mass is 9.95. The minimum Gasteiger partial charge on any atom is -0.512 e. The topological polar surface area (TPSA) is 73.1 Å². The van der Waals surface area contributed by atoms with Crippen LogP contribution < -0.4 is 10.6 Å². The van der Waals surface area contributed by atoms with Gasteiger partial charge in [0.25, 0.3) is 0 Å². The summed E-state index contributed by atoms with van der Waals surface area (Å²) in [5, 5.41) is 12.7. The van der Waals surface area contributed by atoms with Crippen LogP contribution in [0.3, 0.4) is 0 Å². The standard InChI is InChI=1S/C36H44N4O/c1-9-21-22(10-2)29-17-31-25(13-5)26(14-6)33(39-31)19-35-36(20(8)41)27(15-7)34(40-35)18-32-24(12-4)23(11-3)30(38-32)16-28(21)37-29/h16-19,40-41H,9-15H2,1-8H3/b28-16?,31-17?,32-18?,35-19?,36-20-. The number of H-pyrrole nitrogens is 1. The smallest absolute Gasteiger partial charge is 0.0988 e. The summed E-state index contributed by atoms with van der Waals surface area (Å²) in [4.78, 5) is 19.3. The molecule has 0 aliphatic carbocycles. The highest BCUT2D eigenvalue weighted by atomic mass is 16.3. The molecule has 4 aliphatic heterocycles. The van der Waals surface area contributed by atoms with E-state index in [2.05, 4.69) is 77.8 Å². The number of fused-ring (bicyclic) bond motifs is 5. The van der Waals surface area contributed by atoms with Gasteiger partial charge in [0.05, 0.1) is 45.3 Å². The number of hydrogen-bond acceptors (Lipinski definition) is 4. The monoisotopic (exact) mass is 548 g/mol.